The standard InChI is InChI=1S/C22H20N2O3/c1-2-14-11-18(23-13-14)20-12-15-7-3-6-10-19(15)24(20)21(25)16-8-4-5-9-17(16)22(26)27/h3-10,13,20H,2,11-12H2,1H3,(H,26,27). The van der Waals surface area contributed by atoms with Gasteiger partial charge in [0.1, 0.15) is 0 Å². The third-order valence-electron chi connectivity index (χ3n) is 5.24. The predicted octanol–water partition coefficient (Wildman–Crippen LogP) is 4.09. The molecule has 2 heterocycles. The van der Waals surface area contributed by atoms with Gasteiger partial charge in [0.15, 0.2) is 0 Å². The number of allylic oxidation sites excluding steroid dienone is 1. The number of hydrogen-bond acceptors (Lipinski definition) is 3. The number of nitrogens with zero attached hydrogens (tertiary/aromatic N) is 2. The Hall–Kier alpha value is -3.21. The van der Waals surface area contributed by atoms with Gasteiger partial charge < -0.3 is 5.11 Å². The van der Waals surface area contributed by atoms with Gasteiger partial charge in [-0.2, -0.15) is 0 Å². The van der Waals surface area contributed by atoms with E-state index in [1.165, 1.54) is 11.6 Å². The van der Waals surface area contributed by atoms with Crippen molar-refractivity contribution in [3.8, 4) is 0 Å². The lowest BCUT2D eigenvalue weighted by Gasteiger charge is -2.26. The van der Waals surface area contributed by atoms with E-state index in [4.69, 9.17) is 0 Å². The average molecular weight is 360 g/mol. The van der Waals surface area contributed by atoms with E-state index in [2.05, 4.69) is 11.9 Å². The number of amides is 1. The average Bonchev–Trinajstić information content (AvgIpc) is 3.31. The molecule has 0 bridgehead atoms. The first-order valence-electron chi connectivity index (χ1n) is 9.08. The van der Waals surface area contributed by atoms with Gasteiger partial charge in [0.05, 0.1) is 17.2 Å². The molecular formula is C22H20N2O3. The van der Waals surface area contributed by atoms with E-state index < -0.39 is 5.97 Å². The topological polar surface area (TPSA) is 70.0 Å². The minimum atomic E-state index is -1.10. The maximum atomic E-state index is 13.4. The first kappa shape index (κ1) is 17.2. The Morgan fingerprint density at radius 2 is 1.81 bits per heavy atom. The Balaban J connectivity index is 1.76. The lowest BCUT2D eigenvalue weighted by Crippen LogP contribution is -2.43. The normalized spacial score (nSPS) is 18.1. The van der Waals surface area contributed by atoms with Crippen LogP contribution in [0.2, 0.25) is 0 Å². The largest absolute Gasteiger partial charge is 0.478 e. The smallest absolute Gasteiger partial charge is 0.336 e. The molecule has 2 aliphatic rings. The highest BCUT2D eigenvalue weighted by molar-refractivity contribution is 6.16. The Kier molecular flexibility index (Phi) is 4.36. The summed E-state index contributed by atoms with van der Waals surface area (Å²) in [4.78, 5) is 31.4. The third kappa shape index (κ3) is 2.95. The fourth-order valence-corrected chi connectivity index (χ4v) is 3.81. The van der Waals surface area contributed by atoms with Gasteiger partial charge in [0.2, 0.25) is 0 Å². The molecule has 0 spiro atoms. The van der Waals surface area contributed by atoms with Gasteiger partial charge in [-0.3, -0.25) is 14.7 Å². The van der Waals surface area contributed by atoms with E-state index in [1.807, 2.05) is 30.5 Å². The van der Waals surface area contributed by atoms with Crippen molar-refractivity contribution in [2.24, 2.45) is 4.99 Å². The molecule has 0 aliphatic carbocycles. The van der Waals surface area contributed by atoms with Gasteiger partial charge in [-0.1, -0.05) is 37.3 Å². The summed E-state index contributed by atoms with van der Waals surface area (Å²) in [6.45, 7) is 2.10. The van der Waals surface area contributed by atoms with E-state index in [1.54, 1.807) is 23.1 Å². The Bertz CT molecular complexity index is 991. The zero-order valence-corrected chi connectivity index (χ0v) is 15.1. The molecule has 0 saturated carbocycles. The van der Waals surface area contributed by atoms with Crippen LogP contribution >= 0.6 is 0 Å². The molecule has 2 aromatic carbocycles. The van der Waals surface area contributed by atoms with Crippen LogP contribution in [0.15, 0.2) is 65.3 Å². The van der Waals surface area contributed by atoms with Gasteiger partial charge >= 0.3 is 5.97 Å². The first-order chi connectivity index (χ1) is 13.1. The molecule has 2 aromatic rings. The lowest BCUT2D eigenvalue weighted by atomic mass is 10.00. The SMILES string of the molecule is CCC1=CN=C(C2Cc3ccccc3N2C(=O)c2ccccc2C(=O)O)C1. The second-order valence-electron chi connectivity index (χ2n) is 6.81. The van der Waals surface area contributed by atoms with Crippen LogP contribution in [0, 0.1) is 0 Å². The molecule has 0 aromatic heterocycles. The molecule has 1 N–H and O–H groups in total. The zero-order chi connectivity index (χ0) is 19.0. The fourth-order valence-electron chi connectivity index (χ4n) is 3.81. The van der Waals surface area contributed by atoms with E-state index in [0.717, 1.165) is 29.8 Å². The van der Waals surface area contributed by atoms with Crippen LogP contribution in [0.25, 0.3) is 0 Å². The van der Waals surface area contributed by atoms with E-state index in [-0.39, 0.29) is 23.1 Å². The van der Waals surface area contributed by atoms with Crippen LogP contribution in [0.1, 0.15) is 46.0 Å². The summed E-state index contributed by atoms with van der Waals surface area (Å²) in [6, 6.07) is 14.0. The molecule has 2 aliphatic heterocycles. The number of benzene rings is 2. The summed E-state index contributed by atoms with van der Waals surface area (Å²) >= 11 is 0. The predicted molar refractivity (Wildman–Crippen MR) is 105 cm³/mol. The molecule has 1 unspecified atom stereocenters. The molecule has 0 radical (unpaired) electrons. The molecule has 136 valence electrons. The zero-order valence-electron chi connectivity index (χ0n) is 15.1. The number of carbonyl (C=O) groups excluding carboxylic acids is 1. The van der Waals surface area contributed by atoms with Crippen LogP contribution < -0.4 is 4.90 Å². The van der Waals surface area contributed by atoms with Crippen molar-refractivity contribution in [3.05, 3.63) is 77.0 Å². The molecule has 5 nitrogen and oxygen atoms in total. The number of aliphatic imine (C=N–C) groups is 1. The summed E-state index contributed by atoms with van der Waals surface area (Å²) in [6.07, 6.45) is 4.29. The van der Waals surface area contributed by atoms with Crippen molar-refractivity contribution < 1.29 is 14.7 Å². The third-order valence-corrected chi connectivity index (χ3v) is 5.24. The number of para-hydroxylation sites is 1. The van der Waals surface area contributed by atoms with E-state index in [9.17, 15) is 14.7 Å². The highest BCUT2D eigenvalue weighted by Crippen LogP contribution is 2.36. The maximum absolute atomic E-state index is 13.4. The van der Waals surface area contributed by atoms with Gasteiger partial charge in [0, 0.05) is 30.4 Å². The summed E-state index contributed by atoms with van der Waals surface area (Å²) in [5.41, 5.74) is 4.35. The van der Waals surface area contributed by atoms with Gasteiger partial charge in [-0.05, 0) is 35.8 Å². The lowest BCUT2D eigenvalue weighted by molar-refractivity contribution is 0.0692. The summed E-state index contributed by atoms with van der Waals surface area (Å²) in [5, 5.41) is 9.49. The molecule has 1 amide bonds. The number of aromatic carboxylic acids is 1. The highest BCUT2D eigenvalue weighted by atomic mass is 16.4. The number of fused-ring (bicyclic) bond motifs is 1. The molecule has 0 saturated heterocycles. The number of carboxylic acid groups (broad SMARTS) is 1. The first-order valence-corrected chi connectivity index (χ1v) is 9.08. The summed E-state index contributed by atoms with van der Waals surface area (Å²) in [5.74, 6) is -1.40. The summed E-state index contributed by atoms with van der Waals surface area (Å²) in [7, 11) is 0. The van der Waals surface area contributed by atoms with E-state index in [0.29, 0.717) is 6.42 Å². The molecule has 4 rings (SSSR count). The Morgan fingerprint density at radius 3 is 2.52 bits per heavy atom. The Morgan fingerprint density at radius 1 is 1.11 bits per heavy atom. The van der Waals surface area contributed by atoms with Crippen LogP contribution in [-0.2, 0) is 6.42 Å². The second kappa shape index (κ2) is 6.83. The maximum Gasteiger partial charge on any atom is 0.336 e. The van der Waals surface area contributed by atoms with Crippen molar-refractivity contribution >= 4 is 23.3 Å². The minimum absolute atomic E-state index is 0.0198. The van der Waals surface area contributed by atoms with Crippen molar-refractivity contribution in [1.29, 1.82) is 0 Å². The highest BCUT2D eigenvalue weighted by Gasteiger charge is 2.38. The summed E-state index contributed by atoms with van der Waals surface area (Å²) < 4.78 is 0. The molecule has 27 heavy (non-hydrogen) atoms. The van der Waals surface area contributed by atoms with Crippen molar-refractivity contribution in [2.45, 2.75) is 32.2 Å². The quantitative estimate of drug-likeness (QED) is 0.892. The van der Waals surface area contributed by atoms with Crippen LogP contribution in [0.3, 0.4) is 0 Å². The molecule has 1 atom stereocenters. The number of anilines is 1. The number of carbonyl (C=O) groups is 2. The van der Waals surface area contributed by atoms with Gasteiger partial charge in [-0.15, -0.1) is 0 Å². The number of hydrogen-bond donors (Lipinski definition) is 1. The monoisotopic (exact) mass is 360 g/mol. The van der Waals surface area contributed by atoms with Crippen molar-refractivity contribution in [1.82, 2.24) is 0 Å². The Labute approximate surface area is 157 Å². The molecule has 5 heteroatoms. The van der Waals surface area contributed by atoms with Crippen molar-refractivity contribution in [2.75, 3.05) is 4.90 Å². The minimum Gasteiger partial charge on any atom is -0.478 e. The van der Waals surface area contributed by atoms with Crippen molar-refractivity contribution in [3.63, 3.8) is 0 Å². The van der Waals surface area contributed by atoms with Crippen LogP contribution in [-0.4, -0.2) is 28.7 Å². The molecule has 0 fully saturated rings. The second-order valence-corrected chi connectivity index (χ2v) is 6.81. The number of carboxylic acids is 1. The van der Waals surface area contributed by atoms with E-state index >= 15 is 0 Å². The van der Waals surface area contributed by atoms with Crippen LogP contribution in [0.5, 0.6) is 0 Å². The van der Waals surface area contributed by atoms with Gasteiger partial charge in [0.25, 0.3) is 5.91 Å². The number of rotatable bonds is 4. The fraction of sp³-hybridized carbons (Fsp3) is 0.227. The van der Waals surface area contributed by atoms with Gasteiger partial charge in [-0.25, -0.2) is 4.79 Å². The molecular weight excluding hydrogens is 340 g/mol. The van der Waals surface area contributed by atoms with Crippen LogP contribution in [0.4, 0.5) is 5.69 Å².